The van der Waals surface area contributed by atoms with Gasteiger partial charge >= 0.3 is 0 Å². The van der Waals surface area contributed by atoms with E-state index in [1.807, 2.05) is 11.9 Å². The van der Waals surface area contributed by atoms with Crippen LogP contribution in [0.25, 0.3) is 0 Å². The number of nitro benzene ring substituents is 1. The highest BCUT2D eigenvalue weighted by atomic mass is 32.2. The van der Waals surface area contributed by atoms with E-state index in [1.165, 1.54) is 16.4 Å². The van der Waals surface area contributed by atoms with Gasteiger partial charge in [-0.05, 0) is 19.2 Å². The maximum Gasteiger partial charge on any atom is 0.294 e. The third-order valence-electron chi connectivity index (χ3n) is 3.42. The minimum Gasteiger partial charge on any atom is -0.318 e. The molecule has 1 heterocycles. The Bertz CT molecular complexity index is 640. The molecule has 0 atom stereocenters. The first-order valence-electron chi connectivity index (χ1n) is 6.30. The molecule has 116 valence electrons. The SMILES string of the molecule is CN1CCN(S(=O)(=O)c2ccc(NN)c([N+](=O)[O-])c2)CC1. The second-order valence-corrected chi connectivity index (χ2v) is 6.73. The highest BCUT2D eigenvalue weighted by molar-refractivity contribution is 7.89. The van der Waals surface area contributed by atoms with Crippen LogP contribution in [0.5, 0.6) is 0 Å². The number of nitro groups is 1. The van der Waals surface area contributed by atoms with Crippen molar-refractivity contribution in [1.29, 1.82) is 0 Å². The maximum absolute atomic E-state index is 12.5. The van der Waals surface area contributed by atoms with Crippen LogP contribution < -0.4 is 11.3 Å². The Hall–Kier alpha value is -1.75. The number of anilines is 1. The summed E-state index contributed by atoms with van der Waals surface area (Å²) in [5.41, 5.74) is 1.88. The zero-order chi connectivity index (χ0) is 15.6. The molecule has 9 nitrogen and oxygen atoms in total. The van der Waals surface area contributed by atoms with Crippen molar-refractivity contribution < 1.29 is 13.3 Å². The fourth-order valence-electron chi connectivity index (χ4n) is 2.12. The van der Waals surface area contributed by atoms with Crippen LogP contribution in [0.2, 0.25) is 0 Å². The minimum absolute atomic E-state index is 0.0670. The molecule has 1 aromatic rings. The topological polar surface area (TPSA) is 122 Å². The van der Waals surface area contributed by atoms with Crippen molar-refractivity contribution in [3.05, 3.63) is 28.3 Å². The lowest BCUT2D eigenvalue weighted by Gasteiger charge is -2.31. The van der Waals surface area contributed by atoms with Crippen molar-refractivity contribution in [1.82, 2.24) is 9.21 Å². The number of piperazine rings is 1. The van der Waals surface area contributed by atoms with E-state index in [9.17, 15) is 18.5 Å². The molecular weight excluding hydrogens is 298 g/mol. The Morgan fingerprint density at radius 3 is 2.43 bits per heavy atom. The summed E-state index contributed by atoms with van der Waals surface area (Å²) in [7, 11) is -1.82. The number of nitrogens with one attached hydrogen (secondary N) is 1. The number of rotatable bonds is 4. The molecule has 0 aliphatic carbocycles. The normalized spacial score (nSPS) is 17.6. The number of hydrogen-bond donors (Lipinski definition) is 2. The van der Waals surface area contributed by atoms with Gasteiger partial charge in [0.25, 0.3) is 5.69 Å². The smallest absolute Gasteiger partial charge is 0.294 e. The number of sulfonamides is 1. The van der Waals surface area contributed by atoms with Crippen molar-refractivity contribution in [2.45, 2.75) is 4.90 Å². The summed E-state index contributed by atoms with van der Waals surface area (Å²) in [4.78, 5) is 12.2. The van der Waals surface area contributed by atoms with Crippen molar-refractivity contribution in [3.63, 3.8) is 0 Å². The van der Waals surface area contributed by atoms with Crippen molar-refractivity contribution >= 4 is 21.4 Å². The van der Waals surface area contributed by atoms with Crippen LogP contribution in [0.1, 0.15) is 0 Å². The van der Waals surface area contributed by atoms with Crippen molar-refractivity contribution in [2.75, 3.05) is 38.7 Å². The summed E-state index contributed by atoms with van der Waals surface area (Å²) in [5, 5.41) is 11.0. The molecule has 0 aromatic heterocycles. The zero-order valence-electron chi connectivity index (χ0n) is 11.5. The Labute approximate surface area is 122 Å². The highest BCUT2D eigenvalue weighted by Crippen LogP contribution is 2.28. The van der Waals surface area contributed by atoms with Gasteiger partial charge in [-0.2, -0.15) is 4.31 Å². The second kappa shape index (κ2) is 5.93. The molecular formula is C11H17N5O4S. The molecule has 1 aliphatic rings. The lowest BCUT2D eigenvalue weighted by Crippen LogP contribution is -2.47. The average Bonchev–Trinajstić information content (AvgIpc) is 2.46. The van der Waals surface area contributed by atoms with Gasteiger partial charge in [0.15, 0.2) is 0 Å². The first-order chi connectivity index (χ1) is 9.86. The lowest BCUT2D eigenvalue weighted by molar-refractivity contribution is -0.384. The summed E-state index contributed by atoms with van der Waals surface area (Å²) < 4.78 is 26.3. The van der Waals surface area contributed by atoms with Gasteiger partial charge in [-0.15, -0.1) is 0 Å². The molecule has 1 fully saturated rings. The van der Waals surface area contributed by atoms with Crippen LogP contribution in [-0.2, 0) is 10.0 Å². The molecule has 0 amide bonds. The highest BCUT2D eigenvalue weighted by Gasteiger charge is 2.29. The second-order valence-electron chi connectivity index (χ2n) is 4.79. The molecule has 0 spiro atoms. The summed E-state index contributed by atoms with van der Waals surface area (Å²) in [6.45, 7) is 1.99. The van der Waals surface area contributed by atoms with Gasteiger partial charge in [0.05, 0.1) is 9.82 Å². The first kappa shape index (κ1) is 15.6. The van der Waals surface area contributed by atoms with Gasteiger partial charge in [-0.1, -0.05) is 0 Å². The van der Waals surface area contributed by atoms with Crippen LogP contribution in [0.4, 0.5) is 11.4 Å². The molecule has 0 unspecified atom stereocenters. The van der Waals surface area contributed by atoms with E-state index >= 15 is 0 Å². The Morgan fingerprint density at radius 2 is 1.90 bits per heavy atom. The fraction of sp³-hybridized carbons (Fsp3) is 0.455. The Kier molecular flexibility index (Phi) is 4.42. The molecule has 0 bridgehead atoms. The maximum atomic E-state index is 12.5. The zero-order valence-corrected chi connectivity index (χ0v) is 12.3. The molecule has 1 saturated heterocycles. The van der Waals surface area contributed by atoms with Crippen LogP contribution in [0.15, 0.2) is 23.1 Å². The molecule has 3 N–H and O–H groups in total. The van der Waals surface area contributed by atoms with Gasteiger partial charge in [0.1, 0.15) is 5.69 Å². The molecule has 2 rings (SSSR count). The average molecular weight is 315 g/mol. The molecule has 0 radical (unpaired) electrons. The summed E-state index contributed by atoms with van der Waals surface area (Å²) in [5.74, 6) is 5.19. The van der Waals surface area contributed by atoms with E-state index in [-0.39, 0.29) is 16.3 Å². The molecule has 0 saturated carbocycles. The van der Waals surface area contributed by atoms with Crippen LogP contribution in [0.3, 0.4) is 0 Å². The van der Waals surface area contributed by atoms with E-state index in [0.717, 1.165) is 6.07 Å². The van der Waals surface area contributed by atoms with Crippen LogP contribution in [-0.4, -0.2) is 55.8 Å². The van der Waals surface area contributed by atoms with Crippen molar-refractivity contribution in [2.24, 2.45) is 5.84 Å². The van der Waals surface area contributed by atoms with Gasteiger partial charge in [-0.25, -0.2) is 8.42 Å². The number of hydrazine groups is 1. The lowest BCUT2D eigenvalue weighted by atomic mass is 10.3. The standard InChI is InChI=1S/C11H17N5O4S/c1-14-4-6-15(7-5-14)21(19,20)9-2-3-10(13-12)11(8-9)16(17)18/h2-3,8,13H,4-7,12H2,1H3. The van der Waals surface area contributed by atoms with E-state index in [4.69, 9.17) is 5.84 Å². The van der Waals surface area contributed by atoms with E-state index in [2.05, 4.69) is 5.43 Å². The third kappa shape index (κ3) is 3.13. The van der Waals surface area contributed by atoms with Crippen molar-refractivity contribution in [3.8, 4) is 0 Å². The third-order valence-corrected chi connectivity index (χ3v) is 5.32. The quantitative estimate of drug-likeness (QED) is 0.449. The van der Waals surface area contributed by atoms with Gasteiger partial charge in [0.2, 0.25) is 10.0 Å². The summed E-state index contributed by atoms with van der Waals surface area (Å²) in [6.07, 6.45) is 0. The van der Waals surface area contributed by atoms with Gasteiger partial charge in [-0.3, -0.25) is 16.0 Å². The number of benzene rings is 1. The van der Waals surface area contributed by atoms with E-state index < -0.39 is 14.9 Å². The Balaban J connectivity index is 2.36. The fourth-order valence-corrected chi connectivity index (χ4v) is 3.57. The Morgan fingerprint density at radius 1 is 1.29 bits per heavy atom. The minimum atomic E-state index is -3.73. The van der Waals surface area contributed by atoms with E-state index in [1.54, 1.807) is 0 Å². The predicted octanol–water partition coefficient (Wildman–Crippen LogP) is -0.183. The predicted molar refractivity (Wildman–Crippen MR) is 77.2 cm³/mol. The number of hydrogen-bond acceptors (Lipinski definition) is 7. The van der Waals surface area contributed by atoms with Gasteiger partial charge in [0, 0.05) is 32.2 Å². The number of nitrogens with two attached hydrogens (primary N) is 1. The summed E-state index contributed by atoms with van der Waals surface area (Å²) >= 11 is 0. The van der Waals surface area contributed by atoms with Gasteiger partial charge < -0.3 is 10.3 Å². The monoisotopic (exact) mass is 315 g/mol. The molecule has 10 heteroatoms. The molecule has 1 aromatic carbocycles. The molecule has 1 aliphatic heterocycles. The number of nitrogens with zero attached hydrogens (tertiary/aromatic N) is 3. The first-order valence-corrected chi connectivity index (χ1v) is 7.74. The molecule has 21 heavy (non-hydrogen) atoms. The van der Waals surface area contributed by atoms with E-state index in [0.29, 0.717) is 26.2 Å². The van der Waals surface area contributed by atoms with Crippen LogP contribution >= 0.6 is 0 Å². The number of likely N-dealkylation sites (N-methyl/N-ethyl adjacent to an activating group) is 1. The van der Waals surface area contributed by atoms with Crippen LogP contribution in [0, 0.1) is 10.1 Å². The summed E-state index contributed by atoms with van der Waals surface area (Å²) in [6, 6.07) is 3.64. The largest absolute Gasteiger partial charge is 0.318 e. The number of nitrogen functional groups attached to an aromatic ring is 1.